The maximum Gasteiger partial charge on any atom is 0.259 e. The minimum absolute atomic E-state index is 0.0405. The first-order chi connectivity index (χ1) is 15.5. The van der Waals surface area contributed by atoms with Gasteiger partial charge in [-0.15, -0.1) is 0 Å². The van der Waals surface area contributed by atoms with E-state index in [0.717, 1.165) is 18.6 Å². The van der Waals surface area contributed by atoms with Crippen LogP contribution >= 0.6 is 0 Å². The standard InChI is InChI=1S/C25H29FN2O4/c1-18-11-13-25(14-12-18)28(24(30)20-9-5-6-10-21(20)26)22(17-32-25)23(29)27-15-16-31-19-7-3-2-4-8-19/h2-10,18,22H,11-17H2,1H3,(H,27,29). The number of nitrogens with zero attached hydrogens (tertiary/aromatic N) is 1. The third-order valence-corrected chi connectivity index (χ3v) is 6.36. The molecule has 1 heterocycles. The van der Waals surface area contributed by atoms with Crippen LogP contribution in [0.5, 0.6) is 5.75 Å². The van der Waals surface area contributed by atoms with Gasteiger partial charge in [-0.25, -0.2) is 4.39 Å². The molecule has 4 rings (SSSR count). The van der Waals surface area contributed by atoms with E-state index in [9.17, 15) is 14.0 Å². The Kier molecular flexibility index (Phi) is 6.74. The van der Waals surface area contributed by atoms with Crippen molar-refractivity contribution >= 4 is 11.8 Å². The van der Waals surface area contributed by atoms with Crippen LogP contribution in [-0.2, 0) is 9.53 Å². The number of ether oxygens (including phenoxy) is 2. The minimum Gasteiger partial charge on any atom is -0.492 e. The third kappa shape index (κ3) is 4.63. The van der Waals surface area contributed by atoms with Crippen molar-refractivity contribution < 1.29 is 23.5 Å². The molecule has 1 saturated heterocycles. The summed E-state index contributed by atoms with van der Waals surface area (Å²) in [5.41, 5.74) is -0.907. The molecule has 0 radical (unpaired) electrons. The van der Waals surface area contributed by atoms with Crippen LogP contribution in [0.4, 0.5) is 4.39 Å². The predicted molar refractivity (Wildman–Crippen MR) is 118 cm³/mol. The number of carbonyl (C=O) groups excluding carboxylic acids is 2. The fraction of sp³-hybridized carbons (Fsp3) is 0.440. The van der Waals surface area contributed by atoms with Gasteiger partial charge in [0.25, 0.3) is 5.91 Å². The Labute approximate surface area is 187 Å². The molecule has 1 aliphatic carbocycles. The maximum absolute atomic E-state index is 14.4. The zero-order valence-corrected chi connectivity index (χ0v) is 18.3. The van der Waals surface area contributed by atoms with E-state index in [1.807, 2.05) is 30.3 Å². The van der Waals surface area contributed by atoms with E-state index in [1.165, 1.54) is 17.0 Å². The molecular formula is C25H29FN2O4. The van der Waals surface area contributed by atoms with E-state index in [2.05, 4.69) is 12.2 Å². The Morgan fingerprint density at radius 2 is 1.81 bits per heavy atom. The second-order valence-corrected chi connectivity index (χ2v) is 8.56. The highest BCUT2D eigenvalue weighted by Crippen LogP contribution is 2.43. The van der Waals surface area contributed by atoms with Gasteiger partial charge in [-0.2, -0.15) is 0 Å². The van der Waals surface area contributed by atoms with Crippen molar-refractivity contribution in [3.63, 3.8) is 0 Å². The zero-order valence-electron chi connectivity index (χ0n) is 18.3. The molecule has 0 aromatic heterocycles. The SMILES string of the molecule is CC1CCC2(CC1)OCC(C(=O)NCCOc1ccccc1)N2C(=O)c1ccccc1F. The second-order valence-electron chi connectivity index (χ2n) is 8.56. The summed E-state index contributed by atoms with van der Waals surface area (Å²) in [4.78, 5) is 28.0. The molecule has 1 unspecified atom stereocenters. The van der Waals surface area contributed by atoms with Crippen LogP contribution in [0.3, 0.4) is 0 Å². The molecule has 2 aromatic rings. The molecule has 1 saturated carbocycles. The average Bonchev–Trinajstić information content (AvgIpc) is 3.18. The highest BCUT2D eigenvalue weighted by atomic mass is 19.1. The van der Waals surface area contributed by atoms with Gasteiger partial charge in [-0.05, 0) is 55.9 Å². The van der Waals surface area contributed by atoms with Crippen molar-refractivity contribution in [1.29, 1.82) is 0 Å². The molecule has 0 bridgehead atoms. The van der Waals surface area contributed by atoms with E-state index in [-0.39, 0.29) is 24.6 Å². The molecule has 7 heteroatoms. The Bertz CT molecular complexity index is 944. The summed E-state index contributed by atoms with van der Waals surface area (Å²) < 4.78 is 26.2. The Morgan fingerprint density at radius 3 is 2.53 bits per heavy atom. The van der Waals surface area contributed by atoms with Crippen LogP contribution in [-0.4, -0.2) is 48.2 Å². The molecule has 6 nitrogen and oxygen atoms in total. The molecule has 170 valence electrons. The maximum atomic E-state index is 14.4. The Balaban J connectivity index is 1.47. The van der Waals surface area contributed by atoms with Crippen molar-refractivity contribution in [2.24, 2.45) is 5.92 Å². The lowest BCUT2D eigenvalue weighted by atomic mass is 9.83. The van der Waals surface area contributed by atoms with Gasteiger partial charge >= 0.3 is 0 Å². The van der Waals surface area contributed by atoms with Crippen LogP contribution in [0.25, 0.3) is 0 Å². The zero-order chi connectivity index (χ0) is 22.6. The minimum atomic E-state index is -0.867. The fourth-order valence-corrected chi connectivity index (χ4v) is 4.52. The third-order valence-electron chi connectivity index (χ3n) is 6.36. The smallest absolute Gasteiger partial charge is 0.259 e. The van der Waals surface area contributed by atoms with Crippen molar-refractivity contribution in [2.75, 3.05) is 19.8 Å². The molecular weight excluding hydrogens is 411 g/mol. The molecule has 1 spiro atoms. The van der Waals surface area contributed by atoms with E-state index in [0.29, 0.717) is 25.4 Å². The number of para-hydroxylation sites is 1. The van der Waals surface area contributed by atoms with Crippen LogP contribution in [0.15, 0.2) is 54.6 Å². The molecule has 32 heavy (non-hydrogen) atoms. The van der Waals surface area contributed by atoms with Gasteiger partial charge in [-0.1, -0.05) is 37.3 Å². The van der Waals surface area contributed by atoms with Gasteiger partial charge in [0.2, 0.25) is 5.91 Å². The number of halogens is 1. The first-order valence-electron chi connectivity index (χ1n) is 11.2. The molecule has 1 atom stereocenters. The molecule has 1 N–H and O–H groups in total. The number of nitrogens with one attached hydrogen (secondary N) is 1. The lowest BCUT2D eigenvalue weighted by molar-refractivity contribution is -0.128. The number of carbonyl (C=O) groups is 2. The number of benzene rings is 2. The average molecular weight is 441 g/mol. The van der Waals surface area contributed by atoms with E-state index in [1.54, 1.807) is 12.1 Å². The summed E-state index contributed by atoms with van der Waals surface area (Å²) in [6, 6.07) is 14.4. The van der Waals surface area contributed by atoms with Crippen LogP contribution in [0, 0.1) is 11.7 Å². The fourth-order valence-electron chi connectivity index (χ4n) is 4.52. The van der Waals surface area contributed by atoms with Crippen molar-refractivity contribution in [1.82, 2.24) is 10.2 Å². The van der Waals surface area contributed by atoms with Crippen molar-refractivity contribution in [3.8, 4) is 5.75 Å². The summed E-state index contributed by atoms with van der Waals surface area (Å²) >= 11 is 0. The van der Waals surface area contributed by atoms with Gasteiger partial charge in [0.15, 0.2) is 0 Å². The van der Waals surface area contributed by atoms with Crippen molar-refractivity contribution in [3.05, 3.63) is 66.0 Å². The van der Waals surface area contributed by atoms with E-state index in [4.69, 9.17) is 9.47 Å². The number of hydrogen-bond donors (Lipinski definition) is 1. The molecule has 1 aliphatic heterocycles. The summed E-state index contributed by atoms with van der Waals surface area (Å²) in [5, 5.41) is 2.84. The van der Waals surface area contributed by atoms with Gasteiger partial charge in [0.1, 0.15) is 29.9 Å². The summed E-state index contributed by atoms with van der Waals surface area (Å²) in [7, 11) is 0. The molecule has 2 aliphatic rings. The highest BCUT2D eigenvalue weighted by Gasteiger charge is 2.53. The molecule has 2 aromatic carbocycles. The topological polar surface area (TPSA) is 67.9 Å². The quantitative estimate of drug-likeness (QED) is 0.695. The second kappa shape index (κ2) is 9.69. The lowest BCUT2D eigenvalue weighted by Gasteiger charge is -2.43. The first kappa shape index (κ1) is 22.3. The first-order valence-corrected chi connectivity index (χ1v) is 11.2. The normalized spacial score (nSPS) is 25.0. The monoisotopic (exact) mass is 440 g/mol. The number of amides is 2. The Hall–Kier alpha value is -2.93. The summed E-state index contributed by atoms with van der Waals surface area (Å²) in [5.74, 6) is -0.174. The summed E-state index contributed by atoms with van der Waals surface area (Å²) in [6.07, 6.45) is 3.05. The largest absolute Gasteiger partial charge is 0.492 e. The summed E-state index contributed by atoms with van der Waals surface area (Å²) in [6.45, 7) is 2.85. The van der Waals surface area contributed by atoms with Crippen LogP contribution < -0.4 is 10.1 Å². The number of hydrogen-bond acceptors (Lipinski definition) is 4. The van der Waals surface area contributed by atoms with Gasteiger partial charge in [0, 0.05) is 0 Å². The molecule has 2 amide bonds. The van der Waals surface area contributed by atoms with Crippen molar-refractivity contribution in [2.45, 2.75) is 44.4 Å². The van der Waals surface area contributed by atoms with E-state index >= 15 is 0 Å². The van der Waals surface area contributed by atoms with Gasteiger partial charge in [0.05, 0.1) is 18.7 Å². The highest BCUT2D eigenvalue weighted by molar-refractivity contribution is 5.98. The predicted octanol–water partition coefficient (Wildman–Crippen LogP) is 3.77. The van der Waals surface area contributed by atoms with Gasteiger partial charge in [-0.3, -0.25) is 14.5 Å². The Morgan fingerprint density at radius 1 is 1.12 bits per heavy atom. The van der Waals surface area contributed by atoms with Crippen LogP contribution in [0.2, 0.25) is 0 Å². The number of rotatable bonds is 6. The lowest BCUT2D eigenvalue weighted by Crippen LogP contribution is -2.57. The van der Waals surface area contributed by atoms with Gasteiger partial charge < -0.3 is 14.8 Å². The van der Waals surface area contributed by atoms with E-state index < -0.39 is 23.5 Å². The van der Waals surface area contributed by atoms with Crippen LogP contribution in [0.1, 0.15) is 43.0 Å². The molecule has 2 fully saturated rings.